The molecule has 12 heteroatoms. The lowest BCUT2D eigenvalue weighted by atomic mass is 10.0. The summed E-state index contributed by atoms with van der Waals surface area (Å²) >= 11 is 0. The number of aromatic nitrogens is 7. The Bertz CT molecular complexity index is 2070. The molecule has 0 amide bonds. The molecule has 6 aromatic rings. The van der Waals surface area contributed by atoms with Crippen LogP contribution >= 0.6 is 0 Å². The fraction of sp³-hybridized carbons (Fsp3) is 0.182. The topological polar surface area (TPSA) is 167 Å². The molecule has 0 aliphatic carbocycles. The van der Waals surface area contributed by atoms with Gasteiger partial charge in [0.2, 0.25) is 11.4 Å². The van der Waals surface area contributed by atoms with Crippen molar-refractivity contribution in [1.82, 2.24) is 39.4 Å². The molecule has 1 aromatic carbocycles. The zero-order valence-corrected chi connectivity index (χ0v) is 24.3. The minimum absolute atomic E-state index is 0.169. The van der Waals surface area contributed by atoms with Crippen LogP contribution in [0.4, 0.5) is 11.6 Å². The number of nitrogen functional groups attached to an aromatic ring is 1. The van der Waals surface area contributed by atoms with Crippen LogP contribution in [-0.4, -0.2) is 58.5 Å². The summed E-state index contributed by atoms with van der Waals surface area (Å²) in [6.07, 6.45) is 6.88. The molecule has 4 N–H and O–H groups in total. The standard InChI is InChI=1S/C33H29N11O/c34-18-29-36-15-11-28(42-29)39-23-12-16-43(17-13-23)20-21-3-6-24(7-4-21)44-32(25-2-1-14-37-31(25)35)41-27-9-8-26(40-33(27)44)22-5-10-30(45)38-19-22/h1-11,14-15,19,23H,12-13,16-17,20H2,(H2,35,37)(H,38,45)(H,36,39,42). The van der Waals surface area contributed by atoms with Crippen LogP contribution in [0.2, 0.25) is 0 Å². The smallest absolute Gasteiger partial charge is 0.247 e. The highest BCUT2D eigenvalue weighted by molar-refractivity contribution is 5.84. The Hall–Kier alpha value is -5.93. The van der Waals surface area contributed by atoms with Crippen molar-refractivity contribution in [3.05, 3.63) is 107 Å². The van der Waals surface area contributed by atoms with Crippen molar-refractivity contribution in [1.29, 1.82) is 5.26 Å². The van der Waals surface area contributed by atoms with Crippen LogP contribution in [0.15, 0.2) is 90.1 Å². The fourth-order valence-electron chi connectivity index (χ4n) is 5.67. The lowest BCUT2D eigenvalue weighted by Gasteiger charge is -2.32. The van der Waals surface area contributed by atoms with Crippen molar-refractivity contribution in [3.8, 4) is 34.4 Å². The second kappa shape index (κ2) is 12.0. The number of nitrogens with one attached hydrogen (secondary N) is 2. The van der Waals surface area contributed by atoms with E-state index < -0.39 is 0 Å². The van der Waals surface area contributed by atoms with Gasteiger partial charge in [-0.05, 0) is 66.9 Å². The van der Waals surface area contributed by atoms with Gasteiger partial charge < -0.3 is 16.0 Å². The maximum Gasteiger partial charge on any atom is 0.247 e. The average Bonchev–Trinajstić information content (AvgIpc) is 3.45. The fourth-order valence-corrected chi connectivity index (χ4v) is 5.67. The molecule has 45 heavy (non-hydrogen) atoms. The van der Waals surface area contributed by atoms with Gasteiger partial charge in [-0.15, -0.1) is 0 Å². The van der Waals surface area contributed by atoms with E-state index in [1.165, 1.54) is 11.6 Å². The first-order valence-electron chi connectivity index (χ1n) is 14.6. The Morgan fingerprint density at radius 2 is 1.80 bits per heavy atom. The van der Waals surface area contributed by atoms with Crippen molar-refractivity contribution in [3.63, 3.8) is 0 Å². The van der Waals surface area contributed by atoms with E-state index in [0.29, 0.717) is 45.9 Å². The molecule has 12 nitrogen and oxygen atoms in total. The van der Waals surface area contributed by atoms with Crippen LogP contribution in [-0.2, 0) is 6.54 Å². The van der Waals surface area contributed by atoms with E-state index in [2.05, 4.69) is 54.4 Å². The Morgan fingerprint density at radius 1 is 0.956 bits per heavy atom. The van der Waals surface area contributed by atoms with Gasteiger partial charge in [-0.2, -0.15) is 5.26 Å². The molecule has 1 saturated heterocycles. The van der Waals surface area contributed by atoms with E-state index >= 15 is 0 Å². The van der Waals surface area contributed by atoms with E-state index in [9.17, 15) is 4.79 Å². The normalized spacial score (nSPS) is 13.9. The molecular weight excluding hydrogens is 566 g/mol. The molecule has 5 aromatic heterocycles. The molecule has 0 radical (unpaired) electrons. The third-order valence-electron chi connectivity index (χ3n) is 7.96. The Morgan fingerprint density at radius 3 is 2.56 bits per heavy atom. The van der Waals surface area contributed by atoms with E-state index in [0.717, 1.165) is 43.7 Å². The molecule has 0 saturated carbocycles. The molecule has 7 rings (SSSR count). The van der Waals surface area contributed by atoms with Gasteiger partial charge in [0.25, 0.3) is 0 Å². The predicted molar refractivity (Wildman–Crippen MR) is 171 cm³/mol. The number of aromatic amines is 1. The summed E-state index contributed by atoms with van der Waals surface area (Å²) in [6, 6.07) is 23.3. The van der Waals surface area contributed by atoms with Gasteiger partial charge in [-0.3, -0.25) is 14.3 Å². The number of rotatable bonds is 7. The Kier molecular flexibility index (Phi) is 7.42. The maximum atomic E-state index is 11.6. The van der Waals surface area contributed by atoms with Crippen molar-refractivity contribution in [2.45, 2.75) is 25.4 Å². The summed E-state index contributed by atoms with van der Waals surface area (Å²) in [7, 11) is 0. The lowest BCUT2D eigenvalue weighted by Crippen LogP contribution is -2.38. The minimum Gasteiger partial charge on any atom is -0.383 e. The first kappa shape index (κ1) is 27.9. The molecule has 0 unspecified atom stereocenters. The highest BCUT2D eigenvalue weighted by Crippen LogP contribution is 2.32. The Balaban J connectivity index is 1.13. The number of fused-ring (bicyclic) bond motifs is 1. The number of H-pyrrole nitrogens is 1. The summed E-state index contributed by atoms with van der Waals surface area (Å²) in [4.78, 5) is 39.2. The monoisotopic (exact) mass is 595 g/mol. The number of likely N-dealkylation sites (tertiary alicyclic amines) is 1. The molecule has 0 bridgehead atoms. The highest BCUT2D eigenvalue weighted by atomic mass is 16.1. The van der Waals surface area contributed by atoms with Gasteiger partial charge in [0.05, 0.1) is 11.3 Å². The quantitative estimate of drug-likeness (QED) is 0.244. The van der Waals surface area contributed by atoms with E-state index in [4.69, 9.17) is 21.0 Å². The van der Waals surface area contributed by atoms with Gasteiger partial charge in [0.15, 0.2) is 11.5 Å². The molecule has 1 fully saturated rings. The zero-order valence-electron chi connectivity index (χ0n) is 24.3. The van der Waals surface area contributed by atoms with Gasteiger partial charge in [-0.1, -0.05) is 12.1 Å². The summed E-state index contributed by atoms with van der Waals surface area (Å²) in [5.74, 6) is 1.89. The molecule has 222 valence electrons. The molecule has 1 aliphatic rings. The van der Waals surface area contributed by atoms with Crippen molar-refractivity contribution in [2.24, 2.45) is 0 Å². The van der Waals surface area contributed by atoms with Crippen LogP contribution < -0.4 is 16.6 Å². The molecular formula is C33H29N11O. The number of piperidine rings is 1. The first-order valence-corrected chi connectivity index (χ1v) is 14.6. The van der Waals surface area contributed by atoms with E-state index in [-0.39, 0.29) is 11.4 Å². The number of benzene rings is 1. The number of nitrogens with zero attached hydrogens (tertiary/aromatic N) is 8. The second-order valence-electron chi connectivity index (χ2n) is 10.9. The number of nitrogens with two attached hydrogens (primary N) is 1. The summed E-state index contributed by atoms with van der Waals surface area (Å²) in [5.41, 5.74) is 11.8. The molecule has 6 heterocycles. The minimum atomic E-state index is -0.169. The van der Waals surface area contributed by atoms with E-state index in [1.807, 2.05) is 34.9 Å². The van der Waals surface area contributed by atoms with Gasteiger partial charge in [-0.25, -0.2) is 24.9 Å². The summed E-state index contributed by atoms with van der Waals surface area (Å²) in [6.45, 7) is 2.73. The van der Waals surface area contributed by atoms with Gasteiger partial charge >= 0.3 is 0 Å². The third kappa shape index (κ3) is 5.84. The van der Waals surface area contributed by atoms with Crippen LogP contribution in [0, 0.1) is 11.3 Å². The number of anilines is 2. The molecule has 0 atom stereocenters. The number of hydrogen-bond acceptors (Lipinski definition) is 10. The maximum absolute atomic E-state index is 11.6. The zero-order chi connectivity index (χ0) is 30.8. The number of hydrogen-bond donors (Lipinski definition) is 3. The summed E-state index contributed by atoms with van der Waals surface area (Å²) in [5, 5.41) is 12.5. The number of imidazole rings is 1. The summed E-state index contributed by atoms with van der Waals surface area (Å²) < 4.78 is 2.00. The molecule has 1 aliphatic heterocycles. The number of pyridine rings is 3. The SMILES string of the molecule is N#Cc1nccc(NC2CCN(Cc3ccc(-n4c(-c5cccnc5N)nc5ccc(-c6ccc(=O)[nH]c6)nc54)cc3)CC2)n1. The molecule has 0 spiro atoms. The van der Waals surface area contributed by atoms with Crippen molar-refractivity contribution in [2.75, 3.05) is 24.1 Å². The average molecular weight is 596 g/mol. The van der Waals surface area contributed by atoms with Gasteiger partial charge in [0.1, 0.15) is 23.2 Å². The second-order valence-corrected chi connectivity index (χ2v) is 10.9. The van der Waals surface area contributed by atoms with Crippen LogP contribution in [0.3, 0.4) is 0 Å². The largest absolute Gasteiger partial charge is 0.383 e. The van der Waals surface area contributed by atoms with Crippen LogP contribution in [0.5, 0.6) is 0 Å². The Labute approximate surface area is 258 Å². The lowest BCUT2D eigenvalue weighted by molar-refractivity contribution is 0.211. The van der Waals surface area contributed by atoms with Crippen LogP contribution in [0.25, 0.3) is 39.5 Å². The third-order valence-corrected chi connectivity index (χ3v) is 7.96. The number of nitriles is 1. The highest BCUT2D eigenvalue weighted by Gasteiger charge is 2.21. The van der Waals surface area contributed by atoms with Crippen molar-refractivity contribution >= 4 is 22.8 Å². The van der Waals surface area contributed by atoms with Crippen molar-refractivity contribution < 1.29 is 0 Å². The van der Waals surface area contributed by atoms with E-state index in [1.54, 1.807) is 30.7 Å². The first-order chi connectivity index (χ1) is 22.0. The predicted octanol–water partition coefficient (Wildman–Crippen LogP) is 4.16. The van der Waals surface area contributed by atoms with Gasteiger partial charge in [0, 0.05) is 61.6 Å². The van der Waals surface area contributed by atoms with Crippen LogP contribution in [0.1, 0.15) is 24.2 Å².